The second-order valence-electron chi connectivity index (χ2n) is 5.71. The third kappa shape index (κ3) is 4.92. The highest BCUT2D eigenvalue weighted by Crippen LogP contribution is 2.22. The lowest BCUT2D eigenvalue weighted by atomic mass is 9.88. The van der Waals surface area contributed by atoms with E-state index in [4.69, 9.17) is 4.74 Å². The van der Waals surface area contributed by atoms with E-state index in [1.165, 1.54) is 18.9 Å². The molecule has 1 saturated carbocycles. The average Bonchev–Trinajstić information content (AvgIpc) is 3.18. The van der Waals surface area contributed by atoms with E-state index in [1.54, 1.807) is 19.2 Å². The smallest absolute Gasteiger partial charge is 0.123 e. The Kier molecular flexibility index (Phi) is 5.34. The zero-order valence-electron chi connectivity index (χ0n) is 11.9. The van der Waals surface area contributed by atoms with Crippen molar-refractivity contribution >= 4 is 0 Å². The van der Waals surface area contributed by atoms with Crippen LogP contribution in [0.4, 0.5) is 4.39 Å². The van der Waals surface area contributed by atoms with Crippen molar-refractivity contribution in [2.24, 2.45) is 11.8 Å². The Morgan fingerprint density at radius 1 is 1.42 bits per heavy atom. The molecule has 2 rings (SSSR count). The first kappa shape index (κ1) is 14.5. The minimum atomic E-state index is -0.147. The number of methoxy groups -OCH3 is 1. The summed E-state index contributed by atoms with van der Waals surface area (Å²) in [6.07, 6.45) is 3.50. The van der Waals surface area contributed by atoms with Gasteiger partial charge in [0.15, 0.2) is 0 Å². The predicted molar refractivity (Wildman–Crippen MR) is 75.7 cm³/mol. The Labute approximate surface area is 115 Å². The lowest BCUT2D eigenvalue weighted by Crippen LogP contribution is -2.31. The Balaban J connectivity index is 1.94. The van der Waals surface area contributed by atoms with Crippen molar-refractivity contribution in [3.63, 3.8) is 0 Å². The summed E-state index contributed by atoms with van der Waals surface area (Å²) in [7, 11) is 1.74. The van der Waals surface area contributed by atoms with Crippen LogP contribution in [-0.4, -0.2) is 26.3 Å². The van der Waals surface area contributed by atoms with Gasteiger partial charge in [0.2, 0.25) is 0 Å². The molecule has 2 nitrogen and oxygen atoms in total. The standard InChI is InChI=1S/C16H24FNO/c1-12(11-19-2)14(10-18-16-6-7-16)8-13-4-3-5-15(17)9-13/h3-5,9,12,14,16,18H,6-8,10-11H2,1-2H3. The highest BCUT2D eigenvalue weighted by Gasteiger charge is 2.24. The average molecular weight is 265 g/mol. The van der Waals surface area contributed by atoms with Crippen LogP contribution in [0.3, 0.4) is 0 Å². The normalized spacial score (nSPS) is 18.3. The molecule has 0 aromatic heterocycles. The first-order chi connectivity index (χ1) is 9.19. The molecule has 1 fully saturated rings. The van der Waals surface area contributed by atoms with E-state index in [0.717, 1.165) is 25.1 Å². The van der Waals surface area contributed by atoms with E-state index in [2.05, 4.69) is 12.2 Å². The van der Waals surface area contributed by atoms with Crippen LogP contribution < -0.4 is 5.32 Å². The maximum atomic E-state index is 13.3. The van der Waals surface area contributed by atoms with Crippen LogP contribution in [0.1, 0.15) is 25.3 Å². The monoisotopic (exact) mass is 265 g/mol. The molecule has 1 aliphatic carbocycles. The number of halogens is 1. The number of hydrogen-bond acceptors (Lipinski definition) is 2. The molecular formula is C16H24FNO. The number of nitrogens with one attached hydrogen (secondary N) is 1. The Bertz CT molecular complexity index is 392. The minimum absolute atomic E-state index is 0.147. The fraction of sp³-hybridized carbons (Fsp3) is 0.625. The van der Waals surface area contributed by atoms with Crippen molar-refractivity contribution in [3.05, 3.63) is 35.6 Å². The fourth-order valence-electron chi connectivity index (χ4n) is 2.45. The molecule has 0 bridgehead atoms. The van der Waals surface area contributed by atoms with E-state index in [9.17, 15) is 4.39 Å². The van der Waals surface area contributed by atoms with Crippen molar-refractivity contribution in [2.45, 2.75) is 32.2 Å². The van der Waals surface area contributed by atoms with Crippen LogP contribution in [0.5, 0.6) is 0 Å². The second-order valence-corrected chi connectivity index (χ2v) is 5.71. The van der Waals surface area contributed by atoms with Crippen LogP contribution >= 0.6 is 0 Å². The number of ether oxygens (including phenoxy) is 1. The fourth-order valence-corrected chi connectivity index (χ4v) is 2.45. The number of benzene rings is 1. The summed E-state index contributed by atoms with van der Waals surface area (Å²) < 4.78 is 18.5. The SMILES string of the molecule is COCC(C)C(CNC1CC1)Cc1cccc(F)c1. The van der Waals surface area contributed by atoms with Crippen LogP contribution in [0.15, 0.2) is 24.3 Å². The highest BCUT2D eigenvalue weighted by molar-refractivity contribution is 5.17. The summed E-state index contributed by atoms with van der Waals surface area (Å²) in [4.78, 5) is 0. The van der Waals surface area contributed by atoms with Crippen molar-refractivity contribution in [3.8, 4) is 0 Å². The first-order valence-corrected chi connectivity index (χ1v) is 7.15. The van der Waals surface area contributed by atoms with Crippen LogP contribution in [0.2, 0.25) is 0 Å². The molecule has 0 heterocycles. The Morgan fingerprint density at radius 3 is 2.84 bits per heavy atom. The molecular weight excluding hydrogens is 241 g/mol. The van der Waals surface area contributed by atoms with Gasteiger partial charge in [0.25, 0.3) is 0 Å². The van der Waals surface area contributed by atoms with Gasteiger partial charge < -0.3 is 10.1 Å². The lowest BCUT2D eigenvalue weighted by molar-refractivity contribution is 0.128. The highest BCUT2D eigenvalue weighted by atomic mass is 19.1. The van der Waals surface area contributed by atoms with Crippen LogP contribution in [0, 0.1) is 17.7 Å². The number of hydrogen-bond donors (Lipinski definition) is 1. The number of rotatable bonds is 8. The maximum Gasteiger partial charge on any atom is 0.123 e. The summed E-state index contributed by atoms with van der Waals surface area (Å²) >= 11 is 0. The molecule has 1 N–H and O–H groups in total. The van der Waals surface area contributed by atoms with Gasteiger partial charge in [0, 0.05) is 19.8 Å². The third-order valence-electron chi connectivity index (χ3n) is 3.87. The first-order valence-electron chi connectivity index (χ1n) is 7.15. The summed E-state index contributed by atoms with van der Waals surface area (Å²) in [5, 5.41) is 3.58. The molecule has 2 unspecified atom stereocenters. The van der Waals surface area contributed by atoms with Crippen LogP contribution in [-0.2, 0) is 11.2 Å². The molecule has 3 heteroatoms. The molecule has 0 radical (unpaired) electrons. The van der Waals surface area contributed by atoms with Crippen molar-refractivity contribution in [1.29, 1.82) is 0 Å². The van der Waals surface area contributed by atoms with Gasteiger partial charge in [0.1, 0.15) is 5.82 Å². The predicted octanol–water partition coefficient (Wildman–Crippen LogP) is 3.02. The lowest BCUT2D eigenvalue weighted by Gasteiger charge is -2.24. The molecule has 1 aliphatic rings. The van der Waals surface area contributed by atoms with Gasteiger partial charge in [-0.2, -0.15) is 0 Å². The van der Waals surface area contributed by atoms with E-state index < -0.39 is 0 Å². The van der Waals surface area contributed by atoms with Gasteiger partial charge in [-0.05, 0) is 55.3 Å². The Hall–Kier alpha value is -0.930. The largest absolute Gasteiger partial charge is 0.384 e. The minimum Gasteiger partial charge on any atom is -0.384 e. The van der Waals surface area contributed by atoms with E-state index >= 15 is 0 Å². The van der Waals surface area contributed by atoms with E-state index in [-0.39, 0.29) is 5.82 Å². The van der Waals surface area contributed by atoms with E-state index in [1.807, 2.05) is 6.07 Å². The van der Waals surface area contributed by atoms with E-state index in [0.29, 0.717) is 17.9 Å². The molecule has 1 aromatic carbocycles. The molecule has 0 aliphatic heterocycles. The molecule has 0 spiro atoms. The second kappa shape index (κ2) is 7.01. The zero-order valence-corrected chi connectivity index (χ0v) is 11.9. The summed E-state index contributed by atoms with van der Waals surface area (Å²) in [6, 6.07) is 7.65. The van der Waals surface area contributed by atoms with Crippen LogP contribution in [0.25, 0.3) is 0 Å². The molecule has 2 atom stereocenters. The van der Waals surface area contributed by atoms with Gasteiger partial charge >= 0.3 is 0 Å². The Morgan fingerprint density at radius 2 is 2.21 bits per heavy atom. The van der Waals surface area contributed by atoms with Gasteiger partial charge in [-0.25, -0.2) is 4.39 Å². The summed E-state index contributed by atoms with van der Waals surface area (Å²) in [6.45, 7) is 3.96. The third-order valence-corrected chi connectivity index (χ3v) is 3.87. The molecule has 0 amide bonds. The summed E-state index contributed by atoms with van der Waals surface area (Å²) in [5.74, 6) is 0.813. The van der Waals surface area contributed by atoms with Gasteiger partial charge in [-0.15, -0.1) is 0 Å². The quantitative estimate of drug-likeness (QED) is 0.780. The molecule has 106 valence electrons. The molecule has 0 saturated heterocycles. The van der Waals surface area contributed by atoms with Gasteiger partial charge in [-0.3, -0.25) is 0 Å². The summed E-state index contributed by atoms with van der Waals surface area (Å²) in [5.41, 5.74) is 1.07. The van der Waals surface area contributed by atoms with Crippen molar-refractivity contribution in [1.82, 2.24) is 5.32 Å². The molecule has 1 aromatic rings. The van der Waals surface area contributed by atoms with Gasteiger partial charge in [-0.1, -0.05) is 19.1 Å². The van der Waals surface area contributed by atoms with Crippen molar-refractivity contribution in [2.75, 3.05) is 20.3 Å². The maximum absolute atomic E-state index is 13.3. The zero-order chi connectivity index (χ0) is 13.7. The molecule has 19 heavy (non-hydrogen) atoms. The van der Waals surface area contributed by atoms with Gasteiger partial charge in [0.05, 0.1) is 0 Å². The topological polar surface area (TPSA) is 21.3 Å². The van der Waals surface area contributed by atoms with Crippen molar-refractivity contribution < 1.29 is 9.13 Å².